The zero-order chi connectivity index (χ0) is 15.5. The molecule has 0 radical (unpaired) electrons. The van der Waals surface area contributed by atoms with E-state index in [4.69, 9.17) is 0 Å². The zero-order valence-corrected chi connectivity index (χ0v) is 12.5. The summed E-state index contributed by atoms with van der Waals surface area (Å²) in [6, 6.07) is 19.5. The summed E-state index contributed by atoms with van der Waals surface area (Å²) in [5.41, 5.74) is 3.37. The first kappa shape index (κ1) is 14.3. The molecule has 0 aliphatic carbocycles. The lowest BCUT2D eigenvalue weighted by Gasteiger charge is -2.13. The van der Waals surface area contributed by atoms with Crippen molar-refractivity contribution in [2.75, 3.05) is 6.54 Å². The summed E-state index contributed by atoms with van der Waals surface area (Å²) in [4.78, 5) is 26.0. The number of amides is 2. The van der Waals surface area contributed by atoms with Crippen LogP contribution in [0.1, 0.15) is 24.5 Å². The third kappa shape index (κ3) is 2.46. The van der Waals surface area contributed by atoms with E-state index in [1.165, 1.54) is 4.90 Å². The van der Waals surface area contributed by atoms with E-state index in [2.05, 4.69) is 0 Å². The molecule has 1 saturated heterocycles. The molecule has 110 valence electrons. The molecule has 3 heteroatoms. The van der Waals surface area contributed by atoms with Crippen LogP contribution < -0.4 is 0 Å². The Morgan fingerprint density at radius 2 is 1.41 bits per heavy atom. The minimum atomic E-state index is -0.171. The van der Waals surface area contributed by atoms with Gasteiger partial charge in [0.2, 0.25) is 5.91 Å². The number of rotatable bonds is 3. The van der Waals surface area contributed by atoms with E-state index in [1.807, 2.05) is 67.6 Å². The predicted molar refractivity (Wildman–Crippen MR) is 85.9 cm³/mol. The number of carbonyl (C=O) groups excluding carboxylic acids is 2. The lowest BCUT2D eigenvalue weighted by molar-refractivity contribution is -0.137. The molecular weight excluding hydrogens is 274 g/mol. The normalized spacial score (nSPS) is 14.6. The fourth-order valence-corrected chi connectivity index (χ4v) is 2.84. The van der Waals surface area contributed by atoms with Crippen molar-refractivity contribution in [2.45, 2.75) is 13.3 Å². The Hall–Kier alpha value is -2.68. The summed E-state index contributed by atoms with van der Waals surface area (Å²) in [6.45, 7) is 2.24. The molecule has 2 aromatic rings. The Morgan fingerprint density at radius 3 is 1.82 bits per heavy atom. The minimum Gasteiger partial charge on any atom is -0.279 e. The van der Waals surface area contributed by atoms with Crippen molar-refractivity contribution in [3.05, 3.63) is 77.4 Å². The topological polar surface area (TPSA) is 37.4 Å². The maximum atomic E-state index is 12.6. The highest BCUT2D eigenvalue weighted by Gasteiger charge is 2.35. The van der Waals surface area contributed by atoms with Crippen LogP contribution >= 0.6 is 0 Å². The van der Waals surface area contributed by atoms with Gasteiger partial charge >= 0.3 is 0 Å². The van der Waals surface area contributed by atoms with Crippen LogP contribution in [0.3, 0.4) is 0 Å². The molecule has 3 rings (SSSR count). The second-order valence-corrected chi connectivity index (χ2v) is 5.21. The summed E-state index contributed by atoms with van der Waals surface area (Å²) >= 11 is 0. The molecule has 0 atom stereocenters. The van der Waals surface area contributed by atoms with Crippen molar-refractivity contribution >= 4 is 17.4 Å². The molecule has 0 bridgehead atoms. The Kier molecular flexibility index (Phi) is 3.88. The lowest BCUT2D eigenvalue weighted by Crippen LogP contribution is -2.28. The van der Waals surface area contributed by atoms with Gasteiger partial charge < -0.3 is 0 Å². The third-order valence-electron chi connectivity index (χ3n) is 3.88. The molecule has 0 aromatic heterocycles. The van der Waals surface area contributed by atoms with E-state index in [1.54, 1.807) is 0 Å². The summed E-state index contributed by atoms with van der Waals surface area (Å²) in [7, 11) is 0. The van der Waals surface area contributed by atoms with Gasteiger partial charge in [-0.25, -0.2) is 0 Å². The van der Waals surface area contributed by atoms with Gasteiger partial charge in [-0.2, -0.15) is 0 Å². The highest BCUT2D eigenvalue weighted by atomic mass is 16.2. The van der Waals surface area contributed by atoms with Crippen LogP contribution in [0.2, 0.25) is 0 Å². The molecule has 1 heterocycles. The molecule has 0 unspecified atom stereocenters. The van der Waals surface area contributed by atoms with Crippen molar-refractivity contribution in [1.82, 2.24) is 4.90 Å². The third-order valence-corrected chi connectivity index (χ3v) is 3.88. The first-order valence-electron chi connectivity index (χ1n) is 7.41. The maximum absolute atomic E-state index is 12.6. The van der Waals surface area contributed by atoms with Crippen LogP contribution in [0.5, 0.6) is 0 Å². The van der Waals surface area contributed by atoms with Crippen LogP contribution in [0.4, 0.5) is 0 Å². The van der Waals surface area contributed by atoms with E-state index in [9.17, 15) is 9.59 Å². The van der Waals surface area contributed by atoms with Gasteiger partial charge in [-0.15, -0.1) is 0 Å². The van der Waals surface area contributed by atoms with Crippen molar-refractivity contribution in [3.63, 3.8) is 0 Å². The molecule has 3 nitrogen and oxygen atoms in total. The quantitative estimate of drug-likeness (QED) is 0.643. The second-order valence-electron chi connectivity index (χ2n) is 5.21. The zero-order valence-electron chi connectivity index (χ0n) is 12.5. The number of benzene rings is 2. The standard InChI is InChI=1S/C19H17NO2/c1-2-20-17(21)13-16(19(20)22)18(14-9-5-3-6-10-14)15-11-7-4-8-12-15/h3-12H,2,13H2,1H3. The Labute approximate surface area is 129 Å². The number of likely N-dealkylation sites (N-methyl/N-ethyl adjacent to an activating group) is 1. The van der Waals surface area contributed by atoms with E-state index >= 15 is 0 Å². The average Bonchev–Trinajstić information content (AvgIpc) is 2.84. The van der Waals surface area contributed by atoms with Gasteiger partial charge in [-0.3, -0.25) is 14.5 Å². The van der Waals surface area contributed by atoms with Gasteiger partial charge in [0.25, 0.3) is 5.91 Å². The fraction of sp³-hybridized carbons (Fsp3) is 0.158. The molecule has 0 N–H and O–H groups in total. The molecule has 1 aliphatic rings. The molecule has 0 saturated carbocycles. The highest BCUT2D eigenvalue weighted by Crippen LogP contribution is 2.32. The Bertz CT molecular complexity index is 691. The number of imide groups is 1. The number of hydrogen-bond donors (Lipinski definition) is 0. The number of carbonyl (C=O) groups is 2. The molecule has 2 aromatic carbocycles. The van der Waals surface area contributed by atoms with Gasteiger partial charge in [0.1, 0.15) is 0 Å². The van der Waals surface area contributed by atoms with Crippen LogP contribution in [0.15, 0.2) is 66.2 Å². The van der Waals surface area contributed by atoms with Gasteiger partial charge in [-0.05, 0) is 23.6 Å². The molecule has 2 amide bonds. The minimum absolute atomic E-state index is 0.119. The largest absolute Gasteiger partial charge is 0.279 e. The van der Waals surface area contributed by atoms with E-state index < -0.39 is 0 Å². The molecule has 1 aliphatic heterocycles. The van der Waals surface area contributed by atoms with E-state index in [-0.39, 0.29) is 18.2 Å². The molecule has 22 heavy (non-hydrogen) atoms. The SMILES string of the molecule is CCN1C(=O)CC(=C(c2ccccc2)c2ccccc2)C1=O. The monoisotopic (exact) mass is 291 g/mol. The summed E-state index contributed by atoms with van der Waals surface area (Å²) in [5, 5.41) is 0. The first-order valence-corrected chi connectivity index (χ1v) is 7.41. The summed E-state index contributed by atoms with van der Waals surface area (Å²) < 4.78 is 0. The Balaban J connectivity index is 2.21. The number of likely N-dealkylation sites (tertiary alicyclic amines) is 1. The number of hydrogen-bond acceptors (Lipinski definition) is 2. The van der Waals surface area contributed by atoms with E-state index in [0.29, 0.717) is 12.1 Å². The lowest BCUT2D eigenvalue weighted by atomic mass is 9.92. The van der Waals surface area contributed by atoms with Crippen molar-refractivity contribution < 1.29 is 9.59 Å². The van der Waals surface area contributed by atoms with Gasteiger partial charge in [0.15, 0.2) is 0 Å². The number of nitrogens with zero attached hydrogens (tertiary/aromatic N) is 1. The summed E-state index contributed by atoms with van der Waals surface area (Å²) in [6.07, 6.45) is 0.172. The summed E-state index contributed by atoms with van der Waals surface area (Å²) in [5.74, 6) is -0.290. The van der Waals surface area contributed by atoms with Crippen LogP contribution in [-0.2, 0) is 9.59 Å². The van der Waals surface area contributed by atoms with Gasteiger partial charge in [0.05, 0.1) is 6.42 Å². The first-order chi connectivity index (χ1) is 10.7. The fourth-order valence-electron chi connectivity index (χ4n) is 2.84. The van der Waals surface area contributed by atoms with Crippen LogP contribution in [-0.4, -0.2) is 23.3 Å². The maximum Gasteiger partial charge on any atom is 0.257 e. The van der Waals surface area contributed by atoms with Gasteiger partial charge in [-0.1, -0.05) is 60.7 Å². The van der Waals surface area contributed by atoms with Gasteiger partial charge in [0, 0.05) is 12.1 Å². The predicted octanol–water partition coefficient (Wildman–Crippen LogP) is 3.27. The second kappa shape index (κ2) is 5.98. The van der Waals surface area contributed by atoms with Crippen molar-refractivity contribution in [2.24, 2.45) is 0 Å². The van der Waals surface area contributed by atoms with Crippen LogP contribution in [0.25, 0.3) is 5.57 Å². The molecular formula is C19H17NO2. The van der Waals surface area contributed by atoms with Crippen molar-refractivity contribution in [1.29, 1.82) is 0 Å². The average molecular weight is 291 g/mol. The van der Waals surface area contributed by atoms with E-state index in [0.717, 1.165) is 16.7 Å². The molecule has 0 spiro atoms. The van der Waals surface area contributed by atoms with Crippen molar-refractivity contribution in [3.8, 4) is 0 Å². The smallest absolute Gasteiger partial charge is 0.257 e. The Morgan fingerprint density at radius 1 is 0.909 bits per heavy atom. The molecule has 1 fully saturated rings. The van der Waals surface area contributed by atoms with Crippen LogP contribution in [0, 0.1) is 0 Å². The highest BCUT2D eigenvalue weighted by molar-refractivity contribution is 6.18.